The second-order valence-electron chi connectivity index (χ2n) is 7.64. The van der Waals surface area contributed by atoms with E-state index in [9.17, 15) is 22.8 Å². The zero-order chi connectivity index (χ0) is 27.3. The first-order valence-electron chi connectivity index (χ1n) is 10.6. The summed E-state index contributed by atoms with van der Waals surface area (Å²) in [5.74, 6) is 5.17. The molecule has 2 aromatic carbocycles. The van der Waals surface area contributed by atoms with Crippen LogP contribution in [0.3, 0.4) is 0 Å². The van der Waals surface area contributed by atoms with Crippen molar-refractivity contribution in [1.82, 2.24) is 9.13 Å². The van der Waals surface area contributed by atoms with E-state index >= 15 is 0 Å². The monoisotopic (exact) mass is 535 g/mol. The molecule has 0 unspecified atom stereocenters. The predicted octanol–water partition coefficient (Wildman–Crippen LogP) is 4.31. The van der Waals surface area contributed by atoms with E-state index < -0.39 is 23.4 Å². The number of ether oxygens (including phenoxy) is 3. The first-order valence-corrected chi connectivity index (χ1v) is 11.0. The summed E-state index contributed by atoms with van der Waals surface area (Å²) >= 11 is 6.04. The third kappa shape index (κ3) is 6.95. The molecule has 0 radical (unpaired) electrons. The molecule has 0 amide bonds. The van der Waals surface area contributed by atoms with Crippen LogP contribution in [0.5, 0.6) is 17.2 Å². The molecule has 0 saturated heterocycles. The summed E-state index contributed by atoms with van der Waals surface area (Å²) in [6.45, 7) is 1.48. The Bertz CT molecular complexity index is 1490. The Morgan fingerprint density at radius 2 is 1.78 bits per heavy atom. The van der Waals surface area contributed by atoms with Crippen LogP contribution in [0.15, 0.2) is 57.0 Å². The number of alkyl halides is 3. The third-order valence-corrected chi connectivity index (χ3v) is 5.33. The minimum atomic E-state index is -4.89. The number of benzene rings is 2. The second kappa shape index (κ2) is 11.3. The summed E-state index contributed by atoms with van der Waals surface area (Å²) in [6, 6.07) is 9.86. The van der Waals surface area contributed by atoms with E-state index in [-0.39, 0.29) is 29.4 Å². The van der Waals surface area contributed by atoms with Crippen LogP contribution in [-0.2, 0) is 20.5 Å². The summed E-state index contributed by atoms with van der Waals surface area (Å²) in [5.41, 5.74) is -0.298. The van der Waals surface area contributed by atoms with Crippen LogP contribution in [0.2, 0.25) is 5.02 Å². The van der Waals surface area contributed by atoms with Crippen molar-refractivity contribution < 1.29 is 27.4 Å². The van der Waals surface area contributed by atoms with Gasteiger partial charge in [0.15, 0.2) is 0 Å². The molecule has 37 heavy (non-hydrogen) atoms. The summed E-state index contributed by atoms with van der Waals surface area (Å²) in [7, 11) is 4.22. The molecule has 0 aliphatic heterocycles. The molecule has 8 nitrogen and oxygen atoms in total. The van der Waals surface area contributed by atoms with E-state index in [4.69, 9.17) is 21.1 Å². The van der Waals surface area contributed by atoms with Crippen molar-refractivity contribution in [1.29, 1.82) is 0 Å². The number of nitrogens with zero attached hydrogens (tertiary/aromatic N) is 3. The minimum absolute atomic E-state index is 0.0201. The molecule has 0 bridgehead atoms. The fourth-order valence-corrected chi connectivity index (χ4v) is 3.41. The summed E-state index contributed by atoms with van der Waals surface area (Å²) < 4.78 is 54.7. The Kier molecular flexibility index (Phi) is 8.35. The average Bonchev–Trinajstić information content (AvgIpc) is 2.84. The Hall–Kier alpha value is -4.17. The predicted molar refractivity (Wildman–Crippen MR) is 132 cm³/mol. The molecule has 3 rings (SSSR count). The van der Waals surface area contributed by atoms with Crippen molar-refractivity contribution in [3.8, 4) is 29.1 Å². The van der Waals surface area contributed by atoms with Gasteiger partial charge in [0.05, 0.1) is 17.7 Å². The Morgan fingerprint density at radius 3 is 2.46 bits per heavy atom. The van der Waals surface area contributed by atoms with Crippen molar-refractivity contribution in [3.63, 3.8) is 0 Å². The van der Waals surface area contributed by atoms with Crippen LogP contribution >= 0.6 is 11.6 Å². The van der Waals surface area contributed by atoms with Gasteiger partial charge in [0.2, 0.25) is 0 Å². The average molecular weight is 536 g/mol. The van der Waals surface area contributed by atoms with Gasteiger partial charge in [-0.15, -0.1) is 13.2 Å². The highest BCUT2D eigenvalue weighted by Crippen LogP contribution is 2.27. The lowest BCUT2D eigenvalue weighted by atomic mass is 10.1. The van der Waals surface area contributed by atoms with Crippen LogP contribution in [0.25, 0.3) is 0 Å². The first kappa shape index (κ1) is 27.4. The van der Waals surface area contributed by atoms with Gasteiger partial charge in [-0.3, -0.25) is 13.9 Å². The summed E-state index contributed by atoms with van der Waals surface area (Å²) in [4.78, 5) is 29.1. The number of halogens is 4. The van der Waals surface area contributed by atoms with Crippen LogP contribution < -0.4 is 25.5 Å². The highest BCUT2D eigenvalue weighted by atomic mass is 35.5. The Balaban J connectivity index is 2.04. The van der Waals surface area contributed by atoms with Gasteiger partial charge in [-0.1, -0.05) is 29.7 Å². The van der Waals surface area contributed by atoms with Crippen molar-refractivity contribution in [2.75, 3.05) is 7.11 Å². The topological polar surface area (TPSA) is 84.1 Å². The molecule has 0 spiro atoms. The van der Waals surface area contributed by atoms with E-state index in [0.29, 0.717) is 10.8 Å². The number of aromatic nitrogens is 2. The van der Waals surface area contributed by atoms with Crippen molar-refractivity contribution >= 4 is 23.3 Å². The second-order valence-corrected chi connectivity index (χ2v) is 8.05. The van der Waals surface area contributed by atoms with E-state index in [2.05, 4.69) is 21.6 Å². The highest BCUT2D eigenvalue weighted by molar-refractivity contribution is 6.32. The van der Waals surface area contributed by atoms with Crippen LogP contribution in [-0.4, -0.2) is 28.5 Å². The van der Waals surface area contributed by atoms with Gasteiger partial charge >= 0.3 is 12.1 Å². The van der Waals surface area contributed by atoms with Gasteiger partial charge in [0.1, 0.15) is 23.1 Å². The maximum absolute atomic E-state index is 12.6. The number of hydrogen-bond donors (Lipinski definition) is 0. The smallest absolute Gasteiger partial charge is 0.495 e. The minimum Gasteiger partial charge on any atom is -0.495 e. The van der Waals surface area contributed by atoms with Crippen molar-refractivity contribution in [2.24, 2.45) is 19.1 Å². The lowest BCUT2D eigenvalue weighted by Gasteiger charge is -2.12. The van der Waals surface area contributed by atoms with Gasteiger partial charge in [-0.2, -0.15) is 4.99 Å². The number of methoxy groups -OCH3 is 1. The Labute approximate surface area is 214 Å². The van der Waals surface area contributed by atoms with Crippen LogP contribution in [0.1, 0.15) is 11.1 Å². The van der Waals surface area contributed by atoms with E-state index in [1.807, 2.05) is 0 Å². The maximum atomic E-state index is 12.6. The molecule has 0 saturated carbocycles. The molecule has 0 fully saturated rings. The molecule has 0 aliphatic carbocycles. The number of aliphatic imine (C=N–C) groups is 1. The molecule has 0 N–H and O–H groups in total. The largest absolute Gasteiger partial charge is 0.573 e. The van der Waals surface area contributed by atoms with E-state index in [1.165, 1.54) is 40.3 Å². The van der Waals surface area contributed by atoms with Gasteiger partial charge in [0, 0.05) is 26.6 Å². The molecular formula is C25H21ClF3N3O5. The zero-order valence-corrected chi connectivity index (χ0v) is 20.9. The quantitative estimate of drug-likeness (QED) is 0.276. The number of hydrogen-bond acceptors (Lipinski definition) is 6. The van der Waals surface area contributed by atoms with Crippen molar-refractivity contribution in [2.45, 2.75) is 19.7 Å². The van der Waals surface area contributed by atoms with Gasteiger partial charge < -0.3 is 14.2 Å². The van der Waals surface area contributed by atoms with Gasteiger partial charge in [-0.05, 0) is 42.7 Å². The molecule has 12 heteroatoms. The van der Waals surface area contributed by atoms with E-state index in [1.54, 1.807) is 18.2 Å². The molecule has 3 aromatic rings. The standard InChI is InChI=1S/C25H21ClF3N3O5/c1-15-22(31(2)24(34)32(3)23(15)33)30-21(10-5-7-16-11-12-19(26)20(13-16)35-4)36-17-8-6-9-18(14-17)37-25(27,28)29/h6,8-9,11-14H,7H2,1-4H3/b30-21+. The van der Waals surface area contributed by atoms with Crippen LogP contribution in [0.4, 0.5) is 19.0 Å². The molecule has 0 aliphatic rings. The van der Waals surface area contributed by atoms with Crippen LogP contribution in [0, 0.1) is 18.8 Å². The third-order valence-electron chi connectivity index (χ3n) is 5.02. The summed E-state index contributed by atoms with van der Waals surface area (Å²) in [6.07, 6.45) is -4.68. The molecule has 1 heterocycles. The molecule has 0 atom stereocenters. The lowest BCUT2D eigenvalue weighted by molar-refractivity contribution is -0.274. The number of rotatable bonds is 5. The fraction of sp³-hybridized carbons (Fsp3) is 0.240. The maximum Gasteiger partial charge on any atom is 0.573 e. The molecule has 1 aromatic heterocycles. The van der Waals surface area contributed by atoms with E-state index in [0.717, 1.165) is 26.8 Å². The summed E-state index contributed by atoms with van der Waals surface area (Å²) in [5, 5.41) is 0.424. The zero-order valence-electron chi connectivity index (χ0n) is 20.1. The Morgan fingerprint density at radius 1 is 1.08 bits per heavy atom. The van der Waals surface area contributed by atoms with Gasteiger partial charge in [-0.25, -0.2) is 4.79 Å². The fourth-order valence-electron chi connectivity index (χ4n) is 3.22. The highest BCUT2D eigenvalue weighted by Gasteiger charge is 2.31. The lowest BCUT2D eigenvalue weighted by Crippen LogP contribution is -2.38. The molecular weight excluding hydrogens is 515 g/mol. The van der Waals surface area contributed by atoms with Gasteiger partial charge in [0.25, 0.3) is 11.5 Å². The first-order chi connectivity index (χ1) is 17.4. The molecule has 194 valence electrons. The SMILES string of the molecule is COc1cc(CC#C/C(=N\c2c(C)c(=O)n(C)c(=O)n2C)Oc2cccc(OC(F)(F)F)c2)ccc1Cl. The normalized spacial score (nSPS) is 11.5. The van der Waals surface area contributed by atoms with Crippen molar-refractivity contribution in [3.05, 3.63) is 79.5 Å².